The summed E-state index contributed by atoms with van der Waals surface area (Å²) in [6.07, 6.45) is 1.25. The summed E-state index contributed by atoms with van der Waals surface area (Å²) < 4.78 is 0. The maximum absolute atomic E-state index is 3.57. The summed E-state index contributed by atoms with van der Waals surface area (Å²) in [6, 6.07) is 19.2. The van der Waals surface area contributed by atoms with Crippen molar-refractivity contribution in [2.24, 2.45) is 5.41 Å². The fourth-order valence-corrected chi connectivity index (χ4v) is 2.75. The van der Waals surface area contributed by atoms with Gasteiger partial charge >= 0.3 is 0 Å². The molecule has 2 heteroatoms. The molecule has 2 N–H and O–H groups in total. The molecule has 2 aromatic carbocycles. The van der Waals surface area contributed by atoms with E-state index in [-0.39, 0.29) is 0 Å². The summed E-state index contributed by atoms with van der Waals surface area (Å²) in [6.45, 7) is 5.64. The highest BCUT2D eigenvalue weighted by Crippen LogP contribution is 2.26. The highest BCUT2D eigenvalue weighted by Gasteiger charge is 2.27. The van der Waals surface area contributed by atoms with Crippen molar-refractivity contribution >= 4 is 5.69 Å². The van der Waals surface area contributed by atoms with Crippen LogP contribution in [0.5, 0.6) is 0 Å². The van der Waals surface area contributed by atoms with Gasteiger partial charge in [0.15, 0.2) is 0 Å². The maximum Gasteiger partial charge on any atom is 0.0340 e. The molecule has 0 radical (unpaired) electrons. The molecule has 1 saturated heterocycles. The van der Waals surface area contributed by atoms with Gasteiger partial charge < -0.3 is 10.6 Å². The van der Waals surface area contributed by atoms with Crippen molar-refractivity contribution in [1.82, 2.24) is 5.32 Å². The van der Waals surface area contributed by atoms with E-state index in [0.29, 0.717) is 5.41 Å². The lowest BCUT2D eigenvalue weighted by Gasteiger charge is -2.23. The van der Waals surface area contributed by atoms with Crippen LogP contribution < -0.4 is 10.6 Å². The van der Waals surface area contributed by atoms with Gasteiger partial charge in [-0.3, -0.25) is 0 Å². The molecule has 1 fully saturated rings. The fourth-order valence-electron chi connectivity index (χ4n) is 2.75. The van der Waals surface area contributed by atoms with E-state index in [4.69, 9.17) is 0 Å². The largest absolute Gasteiger partial charge is 0.384 e. The summed E-state index contributed by atoms with van der Waals surface area (Å²) in [5.41, 5.74) is 4.13. The van der Waals surface area contributed by atoms with Crippen LogP contribution in [0.25, 0.3) is 11.1 Å². The molecule has 3 rings (SSSR count). The van der Waals surface area contributed by atoms with Crippen LogP contribution in [0.2, 0.25) is 0 Å². The first-order valence-electron chi connectivity index (χ1n) is 7.35. The van der Waals surface area contributed by atoms with Crippen LogP contribution in [-0.2, 0) is 0 Å². The molecule has 0 bridgehead atoms. The van der Waals surface area contributed by atoms with E-state index in [9.17, 15) is 0 Å². The summed E-state index contributed by atoms with van der Waals surface area (Å²) in [5, 5.41) is 7.01. The van der Waals surface area contributed by atoms with Crippen LogP contribution in [-0.4, -0.2) is 19.6 Å². The number of hydrogen-bond donors (Lipinski definition) is 2. The van der Waals surface area contributed by atoms with Gasteiger partial charge in [0.05, 0.1) is 0 Å². The standard InChI is InChI=1S/C18H22N2/c1-18(11-12-19-13-18)14-20-17-9-7-16(8-10-17)15-5-3-2-4-6-15/h2-10,19-20H,11-14H2,1H3. The first-order valence-corrected chi connectivity index (χ1v) is 7.35. The minimum atomic E-state index is 0.387. The Hall–Kier alpha value is -1.80. The highest BCUT2D eigenvalue weighted by molar-refractivity contribution is 5.65. The summed E-state index contributed by atoms with van der Waals surface area (Å²) in [4.78, 5) is 0. The van der Waals surface area contributed by atoms with Gasteiger partial charge in [-0.05, 0) is 41.6 Å². The zero-order valence-electron chi connectivity index (χ0n) is 12.0. The summed E-state index contributed by atoms with van der Waals surface area (Å²) >= 11 is 0. The molecule has 104 valence electrons. The Labute approximate surface area is 121 Å². The zero-order valence-corrected chi connectivity index (χ0v) is 12.0. The van der Waals surface area contributed by atoms with Crippen LogP contribution in [0.1, 0.15) is 13.3 Å². The lowest BCUT2D eigenvalue weighted by atomic mass is 9.90. The molecule has 2 nitrogen and oxygen atoms in total. The van der Waals surface area contributed by atoms with Crippen molar-refractivity contribution in [1.29, 1.82) is 0 Å². The predicted molar refractivity (Wildman–Crippen MR) is 86.0 cm³/mol. The van der Waals surface area contributed by atoms with Gasteiger partial charge in [-0.2, -0.15) is 0 Å². The molecule has 20 heavy (non-hydrogen) atoms. The topological polar surface area (TPSA) is 24.1 Å². The SMILES string of the molecule is CC1(CNc2ccc(-c3ccccc3)cc2)CCNC1. The van der Waals surface area contributed by atoms with Crippen molar-refractivity contribution in [3.05, 3.63) is 54.6 Å². The van der Waals surface area contributed by atoms with Gasteiger partial charge in [-0.25, -0.2) is 0 Å². The Morgan fingerprint density at radius 3 is 2.35 bits per heavy atom. The Morgan fingerprint density at radius 1 is 1.00 bits per heavy atom. The van der Waals surface area contributed by atoms with Gasteiger partial charge in [-0.1, -0.05) is 49.4 Å². The van der Waals surface area contributed by atoms with Crippen LogP contribution in [0, 0.1) is 5.41 Å². The maximum atomic E-state index is 3.57. The molecule has 1 aliphatic rings. The van der Waals surface area contributed by atoms with Crippen LogP contribution in [0.4, 0.5) is 5.69 Å². The van der Waals surface area contributed by atoms with Gasteiger partial charge in [0.2, 0.25) is 0 Å². The molecule has 0 aromatic heterocycles. The van der Waals surface area contributed by atoms with Crippen LogP contribution >= 0.6 is 0 Å². The molecular weight excluding hydrogens is 244 g/mol. The molecule has 0 amide bonds. The number of nitrogens with one attached hydrogen (secondary N) is 2. The minimum absolute atomic E-state index is 0.387. The second-order valence-electron chi connectivity index (χ2n) is 6.03. The van der Waals surface area contributed by atoms with Crippen LogP contribution in [0.15, 0.2) is 54.6 Å². The third-order valence-electron chi connectivity index (χ3n) is 4.17. The lowest BCUT2D eigenvalue weighted by molar-refractivity contribution is 0.391. The van der Waals surface area contributed by atoms with E-state index in [1.165, 1.54) is 23.2 Å². The van der Waals surface area contributed by atoms with Crippen molar-refractivity contribution in [2.75, 3.05) is 25.0 Å². The van der Waals surface area contributed by atoms with E-state index in [1.807, 2.05) is 0 Å². The average molecular weight is 266 g/mol. The Bertz CT molecular complexity index is 539. The molecule has 0 saturated carbocycles. The molecule has 0 spiro atoms. The third kappa shape index (κ3) is 3.02. The number of anilines is 1. The molecule has 1 atom stereocenters. The van der Waals surface area contributed by atoms with Crippen molar-refractivity contribution < 1.29 is 0 Å². The van der Waals surface area contributed by atoms with Gasteiger partial charge in [0, 0.05) is 18.8 Å². The number of rotatable bonds is 4. The Balaban J connectivity index is 1.64. The van der Waals surface area contributed by atoms with Crippen LogP contribution in [0.3, 0.4) is 0 Å². The van der Waals surface area contributed by atoms with Crippen molar-refractivity contribution in [3.63, 3.8) is 0 Å². The quantitative estimate of drug-likeness (QED) is 0.880. The van der Waals surface area contributed by atoms with Gasteiger partial charge in [0.25, 0.3) is 0 Å². The zero-order chi connectivity index (χ0) is 13.8. The third-order valence-corrected chi connectivity index (χ3v) is 4.17. The minimum Gasteiger partial charge on any atom is -0.384 e. The molecular formula is C18H22N2. The predicted octanol–water partition coefficient (Wildman–Crippen LogP) is 3.77. The smallest absolute Gasteiger partial charge is 0.0340 e. The highest BCUT2D eigenvalue weighted by atomic mass is 15.0. The molecule has 1 unspecified atom stereocenters. The summed E-state index contributed by atoms with van der Waals surface area (Å²) in [7, 11) is 0. The first-order chi connectivity index (χ1) is 9.75. The van der Waals surface area contributed by atoms with Crippen molar-refractivity contribution in [2.45, 2.75) is 13.3 Å². The second-order valence-corrected chi connectivity index (χ2v) is 6.03. The second kappa shape index (κ2) is 5.68. The van der Waals surface area contributed by atoms with E-state index in [1.54, 1.807) is 0 Å². The number of hydrogen-bond acceptors (Lipinski definition) is 2. The molecule has 2 aromatic rings. The van der Waals surface area contributed by atoms with Gasteiger partial charge in [0.1, 0.15) is 0 Å². The van der Waals surface area contributed by atoms with Crippen molar-refractivity contribution in [3.8, 4) is 11.1 Å². The van der Waals surface area contributed by atoms with E-state index < -0.39 is 0 Å². The summed E-state index contributed by atoms with van der Waals surface area (Å²) in [5.74, 6) is 0. The molecule has 1 heterocycles. The van der Waals surface area contributed by atoms with E-state index in [0.717, 1.165) is 19.6 Å². The molecule has 0 aliphatic carbocycles. The Kier molecular flexibility index (Phi) is 3.75. The monoisotopic (exact) mass is 266 g/mol. The fraction of sp³-hybridized carbons (Fsp3) is 0.333. The first kappa shape index (κ1) is 13.2. The van der Waals surface area contributed by atoms with E-state index >= 15 is 0 Å². The average Bonchev–Trinajstić information content (AvgIpc) is 2.94. The lowest BCUT2D eigenvalue weighted by Crippen LogP contribution is -2.28. The number of benzene rings is 2. The van der Waals surface area contributed by atoms with Gasteiger partial charge in [-0.15, -0.1) is 0 Å². The Morgan fingerprint density at radius 2 is 1.70 bits per heavy atom. The van der Waals surface area contributed by atoms with E-state index in [2.05, 4.69) is 72.2 Å². The molecule has 1 aliphatic heterocycles. The normalized spacial score (nSPS) is 21.9.